The van der Waals surface area contributed by atoms with E-state index in [0.29, 0.717) is 55.6 Å². The summed E-state index contributed by atoms with van der Waals surface area (Å²) in [7, 11) is 0. The minimum Gasteiger partial charge on any atom is -0.488 e. The second-order valence-electron chi connectivity index (χ2n) is 9.27. The Bertz CT molecular complexity index is 1730. The predicted octanol–water partition coefficient (Wildman–Crippen LogP) is 6.89. The molecule has 0 spiro atoms. The maximum atomic E-state index is 13.3. The molecular weight excluding hydrogens is 528 g/mol. The van der Waals surface area contributed by atoms with Crippen LogP contribution in [0, 0.1) is 0 Å². The zero-order valence-corrected chi connectivity index (χ0v) is 22.6. The number of hydrogen-bond acceptors (Lipinski definition) is 8. The van der Waals surface area contributed by atoms with Crippen LogP contribution in [0.25, 0.3) is 22.1 Å². The molecule has 39 heavy (non-hydrogen) atoms. The fourth-order valence-electron chi connectivity index (χ4n) is 4.85. The van der Waals surface area contributed by atoms with Gasteiger partial charge in [-0.25, -0.2) is 0 Å². The van der Waals surface area contributed by atoms with E-state index >= 15 is 0 Å². The molecule has 2 aliphatic heterocycles. The van der Waals surface area contributed by atoms with Crippen LogP contribution in [0.2, 0.25) is 0 Å². The smallest absolute Gasteiger partial charge is 0.301 e. The van der Waals surface area contributed by atoms with Gasteiger partial charge in [-0.15, -0.1) is 0 Å². The molecule has 0 amide bonds. The van der Waals surface area contributed by atoms with Gasteiger partial charge in [0, 0.05) is 38.2 Å². The lowest BCUT2D eigenvalue weighted by atomic mass is 10.0. The summed E-state index contributed by atoms with van der Waals surface area (Å²) >= 11 is 3.49. The summed E-state index contributed by atoms with van der Waals surface area (Å²) in [5.41, 5.74) is 2.96. The molecule has 0 saturated carbocycles. The minimum absolute atomic E-state index is 0.314. The molecule has 2 aliphatic rings. The number of morpholine rings is 1. The number of hydrogen-bond donors (Lipinski definition) is 0. The highest BCUT2D eigenvalue weighted by molar-refractivity contribution is 8.05. The molecule has 5 aromatic rings. The molecule has 6 nitrogen and oxygen atoms in total. The fraction of sp³-hybridized carbons (Fsp3) is 0.161. The standard InChI is InChI=1S/C31H24N2O4S2/c34-30-22-13-14-23(36-19-20-7-2-1-3-8-20)27(28(22)37-31(32-30)33-15-17-35-18-16-33)21-9-6-12-26-29(21)39-25-11-5-4-10-24(25)38-26/h1-14H,15-19H2. The van der Waals surface area contributed by atoms with Crippen molar-refractivity contribution in [2.24, 2.45) is 0 Å². The van der Waals surface area contributed by atoms with Crippen molar-refractivity contribution < 1.29 is 13.9 Å². The van der Waals surface area contributed by atoms with Crippen LogP contribution < -0.4 is 15.2 Å². The van der Waals surface area contributed by atoms with Crippen molar-refractivity contribution in [2.75, 3.05) is 31.2 Å². The Morgan fingerprint density at radius 3 is 2.38 bits per heavy atom. The number of benzene rings is 4. The number of nitrogens with zero attached hydrogens (tertiary/aromatic N) is 2. The van der Waals surface area contributed by atoms with E-state index in [0.717, 1.165) is 26.5 Å². The third kappa shape index (κ3) is 4.69. The van der Waals surface area contributed by atoms with Gasteiger partial charge in [0.2, 0.25) is 0 Å². The van der Waals surface area contributed by atoms with Gasteiger partial charge in [-0.05, 0) is 35.9 Å². The van der Waals surface area contributed by atoms with Gasteiger partial charge >= 0.3 is 6.01 Å². The van der Waals surface area contributed by atoms with Gasteiger partial charge in [-0.2, -0.15) is 4.98 Å². The maximum absolute atomic E-state index is 13.3. The lowest BCUT2D eigenvalue weighted by molar-refractivity contribution is 0.120. The van der Waals surface area contributed by atoms with Crippen molar-refractivity contribution in [1.82, 2.24) is 4.98 Å². The molecule has 0 N–H and O–H groups in total. The molecule has 0 atom stereocenters. The van der Waals surface area contributed by atoms with Crippen LogP contribution >= 0.6 is 23.5 Å². The van der Waals surface area contributed by atoms with E-state index in [1.54, 1.807) is 29.6 Å². The second-order valence-corrected chi connectivity index (χ2v) is 11.4. The number of rotatable bonds is 5. The average molecular weight is 553 g/mol. The Morgan fingerprint density at radius 2 is 1.56 bits per heavy atom. The summed E-state index contributed by atoms with van der Waals surface area (Å²) in [6.07, 6.45) is 0. The molecule has 0 unspecified atom stereocenters. The molecule has 1 saturated heterocycles. The van der Waals surface area contributed by atoms with Crippen LogP contribution in [0.1, 0.15) is 5.56 Å². The Morgan fingerprint density at radius 1 is 0.821 bits per heavy atom. The van der Waals surface area contributed by atoms with Crippen LogP contribution in [0.5, 0.6) is 5.75 Å². The van der Waals surface area contributed by atoms with Gasteiger partial charge in [-0.3, -0.25) is 4.79 Å². The first-order chi connectivity index (χ1) is 19.2. The van der Waals surface area contributed by atoms with Crippen LogP contribution in [0.15, 0.2) is 114 Å². The molecule has 4 aromatic carbocycles. The SMILES string of the molecule is O=c1nc(N2CCOCC2)oc2c(-c3cccc4c3Sc3ccccc3S4)c(OCc3ccccc3)ccc12. The molecule has 0 bridgehead atoms. The van der Waals surface area contributed by atoms with E-state index in [9.17, 15) is 4.79 Å². The number of fused-ring (bicyclic) bond motifs is 3. The van der Waals surface area contributed by atoms with Gasteiger partial charge in [0.15, 0.2) is 5.58 Å². The minimum atomic E-state index is -0.314. The number of anilines is 1. The molecular formula is C31H24N2O4S2. The van der Waals surface area contributed by atoms with Gasteiger partial charge < -0.3 is 18.8 Å². The molecule has 8 heteroatoms. The molecule has 194 valence electrons. The Balaban J connectivity index is 1.42. The Hall–Kier alpha value is -3.72. The molecule has 1 fully saturated rings. The summed E-state index contributed by atoms with van der Waals surface area (Å²) < 4.78 is 18.4. The van der Waals surface area contributed by atoms with Crippen LogP contribution in [-0.2, 0) is 11.3 Å². The fourth-order valence-corrected chi connectivity index (χ4v) is 7.23. The lowest BCUT2D eigenvalue weighted by Crippen LogP contribution is -2.37. The summed E-state index contributed by atoms with van der Waals surface area (Å²) in [4.78, 5) is 24.3. The molecule has 0 radical (unpaired) electrons. The van der Waals surface area contributed by atoms with Gasteiger partial charge in [0.1, 0.15) is 12.4 Å². The van der Waals surface area contributed by atoms with Crippen LogP contribution in [-0.4, -0.2) is 31.3 Å². The third-order valence-electron chi connectivity index (χ3n) is 6.79. The summed E-state index contributed by atoms with van der Waals surface area (Å²) in [6.45, 7) is 2.76. The Kier molecular flexibility index (Phi) is 6.52. The van der Waals surface area contributed by atoms with E-state index in [1.807, 2.05) is 41.3 Å². The second kappa shape index (κ2) is 10.4. The van der Waals surface area contributed by atoms with Gasteiger partial charge in [0.25, 0.3) is 5.56 Å². The summed E-state index contributed by atoms with van der Waals surface area (Å²) in [5, 5.41) is 0.431. The number of aromatic nitrogens is 1. The largest absolute Gasteiger partial charge is 0.488 e. The zero-order chi connectivity index (χ0) is 26.2. The Labute approximate surface area is 234 Å². The first kappa shape index (κ1) is 24.3. The lowest BCUT2D eigenvalue weighted by Gasteiger charge is -2.26. The van der Waals surface area contributed by atoms with Gasteiger partial charge in [-0.1, -0.05) is 78.1 Å². The van der Waals surface area contributed by atoms with Gasteiger partial charge in [0.05, 0.1) is 24.2 Å². The van der Waals surface area contributed by atoms with E-state index in [1.165, 1.54) is 9.79 Å². The molecule has 7 rings (SSSR count). The van der Waals surface area contributed by atoms with E-state index in [-0.39, 0.29) is 5.56 Å². The molecule has 1 aromatic heterocycles. The van der Waals surface area contributed by atoms with Crippen LogP contribution in [0.4, 0.5) is 6.01 Å². The highest BCUT2D eigenvalue weighted by Crippen LogP contribution is 2.53. The van der Waals surface area contributed by atoms with Crippen molar-refractivity contribution in [2.45, 2.75) is 26.2 Å². The van der Waals surface area contributed by atoms with E-state index in [2.05, 4.69) is 47.4 Å². The van der Waals surface area contributed by atoms with Crippen molar-refractivity contribution in [3.8, 4) is 16.9 Å². The van der Waals surface area contributed by atoms with Crippen molar-refractivity contribution in [1.29, 1.82) is 0 Å². The summed E-state index contributed by atoms with van der Waals surface area (Å²) in [5.74, 6) is 0.659. The van der Waals surface area contributed by atoms with Crippen molar-refractivity contribution in [3.63, 3.8) is 0 Å². The monoisotopic (exact) mass is 552 g/mol. The number of ether oxygens (including phenoxy) is 2. The maximum Gasteiger partial charge on any atom is 0.301 e. The highest BCUT2D eigenvalue weighted by Gasteiger charge is 2.26. The van der Waals surface area contributed by atoms with Crippen LogP contribution in [0.3, 0.4) is 0 Å². The predicted molar refractivity (Wildman–Crippen MR) is 154 cm³/mol. The van der Waals surface area contributed by atoms with E-state index < -0.39 is 0 Å². The third-order valence-corrected chi connectivity index (χ3v) is 9.40. The van der Waals surface area contributed by atoms with Crippen molar-refractivity contribution >= 4 is 40.5 Å². The normalized spacial score (nSPS) is 14.6. The topological polar surface area (TPSA) is 64.8 Å². The summed E-state index contributed by atoms with van der Waals surface area (Å²) in [6, 6.07) is 28.7. The molecule has 0 aliphatic carbocycles. The molecule has 3 heterocycles. The highest BCUT2D eigenvalue weighted by atomic mass is 32.2. The quantitative estimate of drug-likeness (QED) is 0.229. The van der Waals surface area contributed by atoms with E-state index in [4.69, 9.17) is 13.9 Å². The first-order valence-electron chi connectivity index (χ1n) is 12.8. The van der Waals surface area contributed by atoms with Crippen molar-refractivity contribution in [3.05, 3.63) is 101 Å². The zero-order valence-electron chi connectivity index (χ0n) is 21.0. The first-order valence-corrected chi connectivity index (χ1v) is 14.4. The average Bonchev–Trinajstić information content (AvgIpc) is 2.99.